The van der Waals surface area contributed by atoms with Gasteiger partial charge in [0.2, 0.25) is 0 Å². The van der Waals surface area contributed by atoms with Gasteiger partial charge in [-0.25, -0.2) is 0 Å². The molecule has 0 aliphatic rings. The van der Waals surface area contributed by atoms with Gasteiger partial charge >= 0.3 is 0 Å². The van der Waals surface area contributed by atoms with Gasteiger partial charge in [0, 0.05) is 0 Å². The quantitative estimate of drug-likeness (QED) is 0.710. The van der Waals surface area contributed by atoms with E-state index in [-0.39, 0.29) is 5.78 Å². The number of carbonyl (C=O) groups excluding carboxylic acids is 1. The van der Waals surface area contributed by atoms with Crippen molar-refractivity contribution < 1.29 is 14.3 Å². The van der Waals surface area contributed by atoms with Crippen LogP contribution in [-0.4, -0.2) is 19.0 Å². The molecule has 0 aliphatic carbocycles. The molecule has 0 N–H and O–H groups in total. The van der Waals surface area contributed by atoms with Crippen molar-refractivity contribution in [1.29, 1.82) is 0 Å². The fourth-order valence-electron chi connectivity index (χ4n) is 1.56. The Bertz CT molecular complexity index is 429. The Hall–Kier alpha value is -1.22. The zero-order valence-electron chi connectivity index (χ0n) is 11.9. The minimum Gasteiger partial charge on any atom is -0.490 e. The third-order valence-electron chi connectivity index (χ3n) is 2.49. The zero-order valence-corrected chi connectivity index (χ0v) is 12.7. The van der Waals surface area contributed by atoms with E-state index >= 15 is 0 Å². The summed E-state index contributed by atoms with van der Waals surface area (Å²) < 4.78 is 11.2. The van der Waals surface area contributed by atoms with E-state index in [2.05, 4.69) is 13.8 Å². The third kappa shape index (κ3) is 4.75. The lowest BCUT2D eigenvalue weighted by molar-refractivity contribution is -0.116. The van der Waals surface area contributed by atoms with Crippen LogP contribution in [0.3, 0.4) is 0 Å². The fourth-order valence-corrected chi connectivity index (χ4v) is 1.70. The van der Waals surface area contributed by atoms with E-state index in [9.17, 15) is 4.79 Å². The third-order valence-corrected chi connectivity index (χ3v) is 3.05. The van der Waals surface area contributed by atoms with Gasteiger partial charge in [0.1, 0.15) is 5.38 Å². The van der Waals surface area contributed by atoms with E-state index in [1.165, 1.54) is 6.92 Å². The van der Waals surface area contributed by atoms with Crippen molar-refractivity contribution in [2.24, 2.45) is 5.92 Å². The number of ketones is 1. The summed E-state index contributed by atoms with van der Waals surface area (Å²) in [4.78, 5) is 11.3. The highest BCUT2D eigenvalue weighted by Crippen LogP contribution is 2.33. The highest BCUT2D eigenvalue weighted by Gasteiger charge is 2.16. The number of Topliss-reactive ketones (excluding diaryl/α,β-unsaturated/α-hetero) is 1. The summed E-state index contributed by atoms with van der Waals surface area (Å²) in [7, 11) is 0. The first kappa shape index (κ1) is 15.8. The van der Waals surface area contributed by atoms with Gasteiger partial charge in [0.25, 0.3) is 0 Å². The zero-order chi connectivity index (χ0) is 14.4. The van der Waals surface area contributed by atoms with Crippen LogP contribution >= 0.6 is 11.6 Å². The first-order valence-corrected chi connectivity index (χ1v) is 6.93. The summed E-state index contributed by atoms with van der Waals surface area (Å²) in [6.45, 7) is 8.70. The number of benzene rings is 1. The van der Waals surface area contributed by atoms with Gasteiger partial charge in [0.15, 0.2) is 17.3 Å². The molecule has 3 nitrogen and oxygen atoms in total. The molecule has 0 spiro atoms. The second kappa shape index (κ2) is 7.39. The van der Waals surface area contributed by atoms with E-state index < -0.39 is 5.38 Å². The van der Waals surface area contributed by atoms with Gasteiger partial charge in [-0.2, -0.15) is 0 Å². The van der Waals surface area contributed by atoms with Crippen LogP contribution in [0, 0.1) is 5.92 Å². The molecule has 0 aliphatic heterocycles. The predicted octanol–water partition coefficient (Wildman–Crippen LogP) is 3.99. The van der Waals surface area contributed by atoms with Gasteiger partial charge in [-0.15, -0.1) is 11.6 Å². The average molecular weight is 285 g/mol. The van der Waals surface area contributed by atoms with Crippen molar-refractivity contribution in [2.45, 2.75) is 33.1 Å². The van der Waals surface area contributed by atoms with Crippen LogP contribution in [0.5, 0.6) is 11.5 Å². The number of carbonyl (C=O) groups is 1. The van der Waals surface area contributed by atoms with Crippen LogP contribution in [0.1, 0.15) is 38.6 Å². The lowest BCUT2D eigenvalue weighted by atomic mass is 10.1. The van der Waals surface area contributed by atoms with Gasteiger partial charge in [0.05, 0.1) is 13.2 Å². The van der Waals surface area contributed by atoms with Gasteiger partial charge in [-0.1, -0.05) is 19.9 Å². The SMILES string of the molecule is CCOc1cc(C(Cl)C(C)=O)ccc1OCC(C)C. The van der Waals surface area contributed by atoms with Crippen LogP contribution in [0.15, 0.2) is 18.2 Å². The predicted molar refractivity (Wildman–Crippen MR) is 77.2 cm³/mol. The molecule has 1 aromatic rings. The van der Waals surface area contributed by atoms with Crippen LogP contribution < -0.4 is 9.47 Å². The Morgan fingerprint density at radius 1 is 1.26 bits per heavy atom. The maximum absolute atomic E-state index is 11.3. The van der Waals surface area contributed by atoms with E-state index in [0.717, 1.165) is 5.56 Å². The van der Waals surface area contributed by atoms with Crippen LogP contribution in [-0.2, 0) is 4.79 Å². The minimum atomic E-state index is -0.640. The second-order valence-corrected chi connectivity index (χ2v) is 5.25. The van der Waals surface area contributed by atoms with Crippen molar-refractivity contribution in [2.75, 3.05) is 13.2 Å². The molecule has 0 fully saturated rings. The van der Waals surface area contributed by atoms with E-state index in [1.54, 1.807) is 18.2 Å². The molecule has 0 saturated heterocycles. The first-order chi connectivity index (χ1) is 8.95. The molecule has 19 heavy (non-hydrogen) atoms. The Morgan fingerprint density at radius 2 is 1.95 bits per heavy atom. The number of alkyl halides is 1. The van der Waals surface area contributed by atoms with Crippen molar-refractivity contribution in [1.82, 2.24) is 0 Å². The van der Waals surface area contributed by atoms with Gasteiger partial charge in [-0.3, -0.25) is 4.79 Å². The van der Waals surface area contributed by atoms with Gasteiger partial charge in [-0.05, 0) is 37.5 Å². The summed E-state index contributed by atoms with van der Waals surface area (Å²) in [6.07, 6.45) is 0. The Kier molecular flexibility index (Phi) is 6.16. The molecule has 1 rings (SSSR count). The van der Waals surface area contributed by atoms with Crippen LogP contribution in [0.4, 0.5) is 0 Å². The Labute approximate surface area is 119 Å². The lowest BCUT2D eigenvalue weighted by Gasteiger charge is -2.15. The Morgan fingerprint density at radius 3 is 2.47 bits per heavy atom. The molecule has 1 atom stereocenters. The number of hydrogen-bond donors (Lipinski definition) is 0. The standard InChI is InChI=1S/C15H21ClO3/c1-5-18-14-8-12(15(16)11(4)17)6-7-13(14)19-9-10(2)3/h6-8,10,15H,5,9H2,1-4H3. The summed E-state index contributed by atoms with van der Waals surface area (Å²) in [5.74, 6) is 1.67. The molecule has 0 radical (unpaired) electrons. The van der Waals surface area contributed by atoms with Crippen LogP contribution in [0.2, 0.25) is 0 Å². The summed E-state index contributed by atoms with van der Waals surface area (Å²) in [6, 6.07) is 5.39. The second-order valence-electron chi connectivity index (χ2n) is 4.82. The van der Waals surface area contributed by atoms with Crippen molar-refractivity contribution >= 4 is 17.4 Å². The van der Waals surface area contributed by atoms with E-state index in [1.807, 2.05) is 6.92 Å². The van der Waals surface area contributed by atoms with Crippen molar-refractivity contribution in [3.05, 3.63) is 23.8 Å². The first-order valence-electron chi connectivity index (χ1n) is 6.49. The summed E-state index contributed by atoms with van der Waals surface area (Å²) >= 11 is 6.05. The molecule has 106 valence electrons. The van der Waals surface area contributed by atoms with Crippen molar-refractivity contribution in [3.8, 4) is 11.5 Å². The molecular weight excluding hydrogens is 264 g/mol. The minimum absolute atomic E-state index is 0.0834. The summed E-state index contributed by atoms with van der Waals surface area (Å²) in [5, 5.41) is -0.640. The largest absolute Gasteiger partial charge is 0.490 e. The molecule has 0 saturated carbocycles. The molecule has 0 aromatic heterocycles. The molecule has 0 bridgehead atoms. The maximum Gasteiger partial charge on any atom is 0.161 e. The summed E-state index contributed by atoms with van der Waals surface area (Å²) in [5.41, 5.74) is 0.731. The molecule has 1 aromatic carbocycles. The molecule has 0 amide bonds. The highest BCUT2D eigenvalue weighted by atomic mass is 35.5. The number of halogens is 1. The molecule has 1 unspecified atom stereocenters. The number of ether oxygens (including phenoxy) is 2. The van der Waals surface area contributed by atoms with E-state index in [0.29, 0.717) is 30.6 Å². The molecule has 4 heteroatoms. The lowest BCUT2D eigenvalue weighted by Crippen LogP contribution is -2.07. The molecule has 0 heterocycles. The van der Waals surface area contributed by atoms with Gasteiger partial charge < -0.3 is 9.47 Å². The normalized spacial score (nSPS) is 12.3. The van der Waals surface area contributed by atoms with Crippen molar-refractivity contribution in [3.63, 3.8) is 0 Å². The highest BCUT2D eigenvalue weighted by molar-refractivity contribution is 6.30. The maximum atomic E-state index is 11.3. The fraction of sp³-hybridized carbons (Fsp3) is 0.533. The Balaban J connectivity index is 2.96. The molecular formula is C15H21ClO3. The van der Waals surface area contributed by atoms with Crippen LogP contribution in [0.25, 0.3) is 0 Å². The number of hydrogen-bond acceptors (Lipinski definition) is 3. The average Bonchev–Trinajstić information content (AvgIpc) is 2.36. The smallest absolute Gasteiger partial charge is 0.161 e. The van der Waals surface area contributed by atoms with E-state index in [4.69, 9.17) is 21.1 Å². The number of rotatable bonds is 7. The topological polar surface area (TPSA) is 35.5 Å². The monoisotopic (exact) mass is 284 g/mol.